The summed E-state index contributed by atoms with van der Waals surface area (Å²) in [5.74, 6) is 0.802. The molecule has 24 heavy (non-hydrogen) atoms. The number of nitrogens with two attached hydrogens (primary N) is 1. The molecule has 6 nitrogen and oxygen atoms in total. The fourth-order valence-corrected chi connectivity index (χ4v) is 1.99. The second-order valence-electron chi connectivity index (χ2n) is 4.85. The third kappa shape index (κ3) is 5.92. The van der Waals surface area contributed by atoms with Gasteiger partial charge in [0.2, 0.25) is 11.6 Å². The number of nitrogens with one attached hydrogen (secondary N) is 3. The van der Waals surface area contributed by atoms with Crippen molar-refractivity contribution in [3.63, 3.8) is 0 Å². The average Bonchev–Trinajstić information content (AvgIpc) is 2.52. The van der Waals surface area contributed by atoms with Gasteiger partial charge in [-0.3, -0.25) is 5.32 Å². The zero-order chi connectivity index (χ0) is 16.7. The molecule has 0 atom stereocenters. The lowest BCUT2D eigenvalue weighted by molar-refractivity contribution is -0.342. The van der Waals surface area contributed by atoms with Crippen molar-refractivity contribution in [1.82, 2.24) is 0 Å². The third-order valence-electron chi connectivity index (χ3n) is 3.13. The van der Waals surface area contributed by atoms with Crippen LogP contribution in [-0.4, -0.2) is 19.2 Å². The van der Waals surface area contributed by atoms with Crippen molar-refractivity contribution in [2.75, 3.05) is 29.5 Å². The number of ether oxygens (including phenoxy) is 1. The van der Waals surface area contributed by atoms with Gasteiger partial charge < -0.3 is 28.2 Å². The van der Waals surface area contributed by atoms with E-state index in [0.29, 0.717) is 24.7 Å². The van der Waals surface area contributed by atoms with E-state index in [1.807, 2.05) is 0 Å². The van der Waals surface area contributed by atoms with Crippen molar-refractivity contribution in [2.45, 2.75) is 13.3 Å². The van der Waals surface area contributed by atoms with Crippen LogP contribution in [0.3, 0.4) is 0 Å². The van der Waals surface area contributed by atoms with Crippen LogP contribution in [-0.2, 0) is 11.2 Å². The highest BCUT2D eigenvalue weighted by Crippen LogP contribution is 2.15. The van der Waals surface area contributed by atoms with E-state index in [9.17, 15) is 9.18 Å². The van der Waals surface area contributed by atoms with Crippen LogP contribution in [0.4, 0.5) is 26.5 Å². The quantitative estimate of drug-likeness (QED) is 0.649. The summed E-state index contributed by atoms with van der Waals surface area (Å²) in [4.78, 5) is 14.3. The molecule has 5 N–H and O–H groups in total. The molecule has 0 aliphatic carbocycles. The van der Waals surface area contributed by atoms with E-state index >= 15 is 0 Å². The van der Waals surface area contributed by atoms with Crippen molar-refractivity contribution in [1.29, 1.82) is 0 Å². The van der Waals surface area contributed by atoms with Gasteiger partial charge in [0.05, 0.1) is 13.2 Å². The van der Waals surface area contributed by atoms with Crippen LogP contribution in [0, 0.1) is 5.82 Å². The number of anilines is 3. The van der Waals surface area contributed by atoms with E-state index < -0.39 is 6.09 Å². The summed E-state index contributed by atoms with van der Waals surface area (Å²) < 4.78 is 17.6. The number of hydrogen-bond donors (Lipinski definition) is 3. The van der Waals surface area contributed by atoms with E-state index in [4.69, 9.17) is 10.5 Å². The molecule has 0 radical (unpaired) electrons. The lowest BCUT2D eigenvalue weighted by Crippen LogP contribution is -3.00. The molecule has 0 fully saturated rings. The molecule has 130 valence electrons. The first-order valence-electron chi connectivity index (χ1n) is 7.32. The SMILES string of the molecule is CCOC(=O)Nc1ccc(NCCc2ccc(F)cc2)[nH+]c1N.[Cl-]. The summed E-state index contributed by atoms with van der Waals surface area (Å²) in [6.07, 6.45) is 0.196. The maximum atomic E-state index is 12.8. The van der Waals surface area contributed by atoms with Gasteiger partial charge in [0.15, 0.2) is 0 Å². The van der Waals surface area contributed by atoms with Crippen LogP contribution >= 0.6 is 0 Å². The Kier molecular flexibility index (Phi) is 7.77. The summed E-state index contributed by atoms with van der Waals surface area (Å²) in [6, 6.07) is 9.83. The number of hydrogen-bond acceptors (Lipinski definition) is 4. The van der Waals surface area contributed by atoms with E-state index in [0.717, 1.165) is 17.8 Å². The number of aromatic nitrogens is 1. The molecule has 0 unspecified atom stereocenters. The van der Waals surface area contributed by atoms with Gasteiger partial charge >= 0.3 is 6.09 Å². The van der Waals surface area contributed by atoms with Crippen molar-refractivity contribution in [3.8, 4) is 0 Å². The zero-order valence-electron chi connectivity index (χ0n) is 13.2. The van der Waals surface area contributed by atoms with E-state index in [-0.39, 0.29) is 18.2 Å². The molecule has 0 saturated carbocycles. The fourth-order valence-electron chi connectivity index (χ4n) is 1.99. The van der Waals surface area contributed by atoms with Crippen molar-refractivity contribution in [3.05, 3.63) is 47.8 Å². The molecular weight excluding hydrogens is 335 g/mol. The minimum Gasteiger partial charge on any atom is -1.00 e. The Morgan fingerprint density at radius 1 is 1.25 bits per heavy atom. The predicted molar refractivity (Wildman–Crippen MR) is 86.6 cm³/mol. The first-order valence-corrected chi connectivity index (χ1v) is 7.32. The molecule has 0 aliphatic rings. The van der Waals surface area contributed by atoms with Crippen molar-refractivity contribution >= 4 is 23.4 Å². The van der Waals surface area contributed by atoms with Gasteiger partial charge in [-0.15, -0.1) is 0 Å². The van der Waals surface area contributed by atoms with Gasteiger partial charge in [0.1, 0.15) is 11.5 Å². The summed E-state index contributed by atoms with van der Waals surface area (Å²) in [6.45, 7) is 2.67. The number of benzene rings is 1. The largest absolute Gasteiger partial charge is 1.00 e. The number of pyridine rings is 1. The fraction of sp³-hybridized carbons (Fsp3) is 0.250. The maximum absolute atomic E-state index is 12.8. The standard InChI is InChI=1S/C16H19FN4O2.ClH/c1-2-23-16(22)20-13-7-8-14(21-15(13)18)19-10-9-11-3-5-12(17)6-4-11;/h3-8H,2,9-10H2,1H3,(H,20,22)(H3,18,19,21);1H. The molecule has 0 spiro atoms. The highest BCUT2D eigenvalue weighted by atomic mass is 35.5. The highest BCUT2D eigenvalue weighted by molar-refractivity contribution is 5.87. The summed E-state index contributed by atoms with van der Waals surface area (Å²) in [5.41, 5.74) is 7.34. The van der Waals surface area contributed by atoms with Crippen LogP contribution in [0.25, 0.3) is 0 Å². The predicted octanol–water partition coefficient (Wildman–Crippen LogP) is -0.551. The number of aromatic amines is 1. The normalized spacial score (nSPS) is 9.75. The minimum absolute atomic E-state index is 0. The van der Waals surface area contributed by atoms with Gasteiger partial charge in [-0.1, -0.05) is 12.1 Å². The zero-order valence-corrected chi connectivity index (χ0v) is 14.0. The molecule has 1 amide bonds. The van der Waals surface area contributed by atoms with Crippen LogP contribution in [0.5, 0.6) is 0 Å². The molecule has 1 heterocycles. The Morgan fingerprint density at radius 2 is 1.96 bits per heavy atom. The Labute approximate surface area is 146 Å². The van der Waals surface area contributed by atoms with E-state index in [2.05, 4.69) is 15.6 Å². The third-order valence-corrected chi connectivity index (χ3v) is 3.13. The summed E-state index contributed by atoms with van der Waals surface area (Å²) >= 11 is 0. The molecule has 0 aliphatic heterocycles. The Morgan fingerprint density at radius 3 is 2.58 bits per heavy atom. The number of amides is 1. The smallest absolute Gasteiger partial charge is 0.411 e. The average molecular weight is 355 g/mol. The molecule has 1 aromatic heterocycles. The van der Waals surface area contributed by atoms with Gasteiger partial charge in [0.25, 0.3) is 0 Å². The van der Waals surface area contributed by atoms with E-state index in [1.165, 1.54) is 12.1 Å². The maximum Gasteiger partial charge on any atom is 0.411 e. The Hall–Kier alpha value is -2.54. The minimum atomic E-state index is -0.551. The Bertz CT molecular complexity index is 668. The molecule has 2 aromatic rings. The number of halogens is 2. The number of rotatable bonds is 6. The molecule has 8 heteroatoms. The van der Waals surface area contributed by atoms with Crippen molar-refractivity contribution in [2.24, 2.45) is 0 Å². The molecule has 2 rings (SSSR count). The lowest BCUT2D eigenvalue weighted by Gasteiger charge is -2.07. The van der Waals surface area contributed by atoms with Crippen LogP contribution in [0.1, 0.15) is 12.5 Å². The number of H-pyrrole nitrogens is 1. The van der Waals surface area contributed by atoms with Gasteiger partial charge in [0, 0.05) is 12.5 Å². The van der Waals surface area contributed by atoms with Gasteiger partial charge in [-0.25, -0.2) is 14.2 Å². The number of carbonyl (C=O) groups is 1. The molecule has 0 bridgehead atoms. The van der Waals surface area contributed by atoms with Gasteiger partial charge in [-0.2, -0.15) is 0 Å². The van der Waals surface area contributed by atoms with Crippen LogP contribution < -0.4 is 33.8 Å². The second-order valence-corrected chi connectivity index (χ2v) is 4.85. The molecule has 0 saturated heterocycles. The summed E-state index contributed by atoms with van der Waals surface area (Å²) in [7, 11) is 0. The monoisotopic (exact) mass is 354 g/mol. The highest BCUT2D eigenvalue weighted by Gasteiger charge is 2.10. The molecular formula is C16H20ClFN4O2. The summed E-state index contributed by atoms with van der Waals surface area (Å²) in [5, 5.41) is 5.73. The van der Waals surface area contributed by atoms with Crippen LogP contribution in [0.2, 0.25) is 0 Å². The lowest BCUT2D eigenvalue weighted by atomic mass is 10.1. The van der Waals surface area contributed by atoms with Gasteiger partial charge in [-0.05, 0) is 30.7 Å². The second kappa shape index (κ2) is 9.57. The first kappa shape index (κ1) is 19.5. The first-order chi connectivity index (χ1) is 11.1. The van der Waals surface area contributed by atoms with E-state index in [1.54, 1.807) is 31.2 Å². The topological polar surface area (TPSA) is 90.5 Å². The van der Waals surface area contributed by atoms with Crippen LogP contribution in [0.15, 0.2) is 36.4 Å². The number of nitrogen functional groups attached to an aromatic ring is 1. The van der Waals surface area contributed by atoms with Crippen molar-refractivity contribution < 1.29 is 31.3 Å². The molecule has 1 aromatic carbocycles. The number of carbonyl (C=O) groups excluding carboxylic acids is 1. The Balaban J connectivity index is 0.00000288.